The highest BCUT2D eigenvalue weighted by atomic mass is 16.3. The topological polar surface area (TPSA) is 121 Å². The third-order valence-corrected chi connectivity index (χ3v) is 5.50. The molecule has 3 aliphatic carbocycles. The van der Waals surface area contributed by atoms with Crippen molar-refractivity contribution in [1.82, 2.24) is 0 Å². The summed E-state index contributed by atoms with van der Waals surface area (Å²) in [4.78, 5) is 0. The highest BCUT2D eigenvalue weighted by molar-refractivity contribution is 5.79. The van der Waals surface area contributed by atoms with Gasteiger partial charge in [-0.3, -0.25) is 0 Å². The van der Waals surface area contributed by atoms with E-state index in [0.717, 1.165) is 11.1 Å². The average Bonchev–Trinajstić information content (AvgIpc) is 2.66. The molecule has 0 saturated heterocycles. The second-order valence-electron chi connectivity index (χ2n) is 6.65. The van der Waals surface area contributed by atoms with Crippen molar-refractivity contribution in [1.29, 1.82) is 0 Å². The molecule has 2 atom stereocenters. The molecule has 6 nitrogen and oxygen atoms in total. The first-order valence-corrected chi connectivity index (χ1v) is 8.06. The zero-order valence-electron chi connectivity index (χ0n) is 13.3. The van der Waals surface area contributed by atoms with Gasteiger partial charge in [-0.05, 0) is 22.8 Å². The predicted molar refractivity (Wildman–Crippen MR) is 91.2 cm³/mol. The first-order valence-electron chi connectivity index (χ1n) is 8.06. The van der Waals surface area contributed by atoms with Crippen LogP contribution >= 0.6 is 0 Å². The lowest BCUT2D eigenvalue weighted by Gasteiger charge is -2.42. The highest BCUT2D eigenvalue weighted by Crippen LogP contribution is 2.65. The van der Waals surface area contributed by atoms with Crippen molar-refractivity contribution in [3.63, 3.8) is 0 Å². The van der Waals surface area contributed by atoms with Crippen molar-refractivity contribution >= 4 is 0 Å². The Labute approximate surface area is 147 Å². The Morgan fingerprint density at radius 1 is 0.462 bits per heavy atom. The molecule has 6 rings (SSSR count). The average molecular weight is 350 g/mol. The van der Waals surface area contributed by atoms with Gasteiger partial charge in [0.1, 0.15) is 0 Å². The van der Waals surface area contributed by atoms with Gasteiger partial charge in [-0.1, -0.05) is 30.3 Å². The van der Waals surface area contributed by atoms with Crippen LogP contribution in [-0.4, -0.2) is 30.6 Å². The zero-order chi connectivity index (χ0) is 18.3. The summed E-state index contributed by atoms with van der Waals surface area (Å²) in [5, 5.41) is 61.5. The van der Waals surface area contributed by atoms with Crippen LogP contribution in [0.5, 0.6) is 34.5 Å². The fourth-order valence-electron chi connectivity index (χ4n) is 4.46. The number of aromatic hydroxyl groups is 6. The summed E-state index contributed by atoms with van der Waals surface area (Å²) in [5.41, 5.74) is 3.24. The molecule has 3 aromatic rings. The van der Waals surface area contributed by atoms with Gasteiger partial charge in [-0.2, -0.15) is 0 Å². The second kappa shape index (κ2) is 4.54. The number of hydrogen-bond acceptors (Lipinski definition) is 6. The molecule has 3 aromatic carbocycles. The Morgan fingerprint density at radius 2 is 1.00 bits per heavy atom. The molecule has 0 saturated carbocycles. The lowest BCUT2D eigenvalue weighted by Crippen LogP contribution is -2.27. The minimum atomic E-state index is -0.813. The smallest absolute Gasteiger partial charge is 0.204 e. The summed E-state index contributed by atoms with van der Waals surface area (Å²) in [6.45, 7) is 0. The molecule has 2 unspecified atom stereocenters. The molecule has 0 fully saturated rings. The van der Waals surface area contributed by atoms with E-state index >= 15 is 0 Å². The Balaban J connectivity index is 1.99. The first-order chi connectivity index (χ1) is 12.4. The Bertz CT molecular complexity index is 1120. The quantitative estimate of drug-likeness (QED) is 0.189. The van der Waals surface area contributed by atoms with Gasteiger partial charge in [-0.25, -0.2) is 0 Å². The van der Waals surface area contributed by atoms with Crippen LogP contribution in [0.3, 0.4) is 0 Å². The minimum absolute atomic E-state index is 0.218. The lowest BCUT2D eigenvalue weighted by atomic mass is 9.60. The van der Waals surface area contributed by atoms with E-state index < -0.39 is 34.8 Å². The Morgan fingerprint density at radius 3 is 1.62 bits per heavy atom. The molecule has 0 spiro atoms. The van der Waals surface area contributed by atoms with Gasteiger partial charge in [0.2, 0.25) is 11.5 Å². The molecule has 6 heteroatoms. The lowest BCUT2D eigenvalue weighted by molar-refractivity contribution is 0.337. The van der Waals surface area contributed by atoms with Crippen molar-refractivity contribution < 1.29 is 30.6 Å². The van der Waals surface area contributed by atoms with E-state index in [1.807, 2.05) is 24.3 Å². The van der Waals surface area contributed by atoms with E-state index in [9.17, 15) is 30.6 Å². The van der Waals surface area contributed by atoms with Gasteiger partial charge in [0, 0.05) is 28.5 Å². The minimum Gasteiger partial charge on any atom is -0.504 e. The van der Waals surface area contributed by atoms with Crippen LogP contribution in [0.15, 0.2) is 36.4 Å². The number of benzene rings is 3. The zero-order valence-corrected chi connectivity index (χ0v) is 13.3. The largest absolute Gasteiger partial charge is 0.504 e. The Kier molecular flexibility index (Phi) is 2.58. The fraction of sp³-hybridized carbons (Fsp3) is 0.100. The summed E-state index contributed by atoms with van der Waals surface area (Å²) in [7, 11) is 0. The van der Waals surface area contributed by atoms with Crippen molar-refractivity contribution in [3.8, 4) is 34.5 Å². The van der Waals surface area contributed by atoms with Gasteiger partial charge < -0.3 is 30.6 Å². The standard InChI is InChI=1S/C20H14O6/c21-10-6-5-9-11-7-3-1-2-4-8(7)12(13(9)16(10)22)15-14(11)17(23)19(25)20(26)18(15)24/h1-6,11-12,21-26H. The van der Waals surface area contributed by atoms with E-state index in [4.69, 9.17) is 0 Å². The molecule has 0 radical (unpaired) electrons. The third-order valence-electron chi connectivity index (χ3n) is 5.50. The van der Waals surface area contributed by atoms with Crippen LogP contribution in [-0.2, 0) is 0 Å². The van der Waals surface area contributed by atoms with E-state index in [0.29, 0.717) is 16.7 Å². The number of phenols is 6. The number of rotatable bonds is 0. The van der Waals surface area contributed by atoms with Crippen LogP contribution in [0, 0.1) is 0 Å². The van der Waals surface area contributed by atoms with Gasteiger partial charge in [0.15, 0.2) is 23.0 Å². The van der Waals surface area contributed by atoms with Crippen LogP contribution in [0.1, 0.15) is 45.2 Å². The summed E-state index contributed by atoms with van der Waals surface area (Å²) < 4.78 is 0. The van der Waals surface area contributed by atoms with Crippen LogP contribution in [0.4, 0.5) is 0 Å². The predicted octanol–water partition coefficient (Wildman–Crippen LogP) is 2.91. The van der Waals surface area contributed by atoms with Crippen molar-refractivity contribution in [2.24, 2.45) is 0 Å². The molecule has 6 N–H and O–H groups in total. The monoisotopic (exact) mass is 350 g/mol. The normalized spacial score (nSPS) is 18.9. The molecule has 26 heavy (non-hydrogen) atoms. The third kappa shape index (κ3) is 1.48. The van der Waals surface area contributed by atoms with Crippen molar-refractivity contribution in [2.75, 3.05) is 0 Å². The summed E-state index contributed by atoms with van der Waals surface area (Å²) in [6.07, 6.45) is 0. The molecule has 0 amide bonds. The molecule has 130 valence electrons. The highest BCUT2D eigenvalue weighted by Gasteiger charge is 2.47. The van der Waals surface area contributed by atoms with E-state index in [2.05, 4.69) is 0 Å². The van der Waals surface area contributed by atoms with Crippen LogP contribution in [0.2, 0.25) is 0 Å². The second-order valence-corrected chi connectivity index (χ2v) is 6.65. The molecule has 3 aliphatic rings. The molecular formula is C20H14O6. The fourth-order valence-corrected chi connectivity index (χ4v) is 4.46. The molecule has 0 heterocycles. The van der Waals surface area contributed by atoms with E-state index in [1.165, 1.54) is 6.07 Å². The van der Waals surface area contributed by atoms with Gasteiger partial charge in [-0.15, -0.1) is 0 Å². The van der Waals surface area contributed by atoms with Gasteiger partial charge in [0.25, 0.3) is 0 Å². The molecule has 0 aromatic heterocycles. The van der Waals surface area contributed by atoms with E-state index in [-0.39, 0.29) is 17.1 Å². The summed E-state index contributed by atoms with van der Waals surface area (Å²) in [5.74, 6) is -4.50. The summed E-state index contributed by atoms with van der Waals surface area (Å²) in [6, 6.07) is 10.4. The summed E-state index contributed by atoms with van der Waals surface area (Å²) >= 11 is 0. The number of hydrogen-bond donors (Lipinski definition) is 6. The van der Waals surface area contributed by atoms with Crippen LogP contribution in [0.25, 0.3) is 0 Å². The SMILES string of the molecule is Oc1ccc2c(c1O)C1c3ccccc3C2c2c(O)c(O)c(O)c(O)c21. The van der Waals surface area contributed by atoms with Crippen LogP contribution < -0.4 is 0 Å². The first kappa shape index (κ1) is 14.8. The van der Waals surface area contributed by atoms with E-state index in [1.54, 1.807) is 6.07 Å². The maximum absolute atomic E-state index is 10.5. The maximum Gasteiger partial charge on any atom is 0.204 e. The Hall–Kier alpha value is -3.54. The van der Waals surface area contributed by atoms with Crippen molar-refractivity contribution in [2.45, 2.75) is 11.8 Å². The van der Waals surface area contributed by atoms with Crippen molar-refractivity contribution in [3.05, 3.63) is 69.8 Å². The molecule has 2 bridgehead atoms. The maximum atomic E-state index is 10.5. The van der Waals surface area contributed by atoms with Gasteiger partial charge >= 0.3 is 0 Å². The molecule has 0 aliphatic heterocycles. The molecular weight excluding hydrogens is 336 g/mol. The van der Waals surface area contributed by atoms with Gasteiger partial charge in [0.05, 0.1) is 0 Å². The number of phenolic OH excluding ortho intramolecular Hbond substituents is 6.